The van der Waals surface area contributed by atoms with Crippen molar-refractivity contribution < 1.29 is 8.42 Å². The van der Waals surface area contributed by atoms with E-state index in [0.29, 0.717) is 24.0 Å². The summed E-state index contributed by atoms with van der Waals surface area (Å²) >= 11 is 1.80. The molecule has 0 spiro atoms. The quantitative estimate of drug-likeness (QED) is 0.841. The van der Waals surface area contributed by atoms with Crippen molar-refractivity contribution in [2.75, 3.05) is 24.6 Å². The van der Waals surface area contributed by atoms with E-state index in [0.717, 1.165) is 11.3 Å². The Hall–Kier alpha value is -0.720. The summed E-state index contributed by atoms with van der Waals surface area (Å²) in [5.74, 6) is 0.839. The van der Waals surface area contributed by atoms with E-state index in [1.807, 2.05) is 13.8 Å². The normalized spacial score (nSPS) is 22.0. The third-order valence-corrected chi connectivity index (χ3v) is 6.06. The molecule has 1 aromatic carbocycles. The van der Waals surface area contributed by atoms with Gasteiger partial charge in [0.2, 0.25) is 10.0 Å². The first kappa shape index (κ1) is 13.7. The first-order chi connectivity index (χ1) is 8.41. The Morgan fingerprint density at radius 3 is 2.78 bits per heavy atom. The molecule has 2 rings (SSSR count). The molecule has 100 valence electrons. The van der Waals surface area contributed by atoms with Crippen LogP contribution in [0.2, 0.25) is 0 Å². The molecule has 1 unspecified atom stereocenters. The van der Waals surface area contributed by atoms with Gasteiger partial charge in [0.15, 0.2) is 0 Å². The first-order valence-electron chi connectivity index (χ1n) is 5.89. The minimum atomic E-state index is -3.45. The number of aryl methyl sites for hydroxylation is 1. The molecule has 0 bridgehead atoms. The molecule has 1 aromatic rings. The van der Waals surface area contributed by atoms with Gasteiger partial charge in [0.1, 0.15) is 4.90 Å². The summed E-state index contributed by atoms with van der Waals surface area (Å²) < 4.78 is 26.5. The van der Waals surface area contributed by atoms with Crippen molar-refractivity contribution in [3.05, 3.63) is 23.8 Å². The summed E-state index contributed by atoms with van der Waals surface area (Å²) in [6, 6.07) is 5.09. The van der Waals surface area contributed by atoms with Gasteiger partial charge in [-0.1, -0.05) is 13.0 Å². The van der Waals surface area contributed by atoms with Crippen molar-refractivity contribution >= 4 is 27.5 Å². The molecule has 1 heterocycles. The summed E-state index contributed by atoms with van der Waals surface area (Å²) in [5, 5.41) is 0.334. The van der Waals surface area contributed by atoms with Crippen LogP contribution in [0.15, 0.2) is 23.1 Å². The van der Waals surface area contributed by atoms with Crippen LogP contribution in [0.5, 0.6) is 0 Å². The Morgan fingerprint density at radius 2 is 2.17 bits per heavy atom. The molecular formula is C12H18N2O2S2. The third-order valence-electron chi connectivity index (χ3n) is 2.99. The number of nitrogens with two attached hydrogens (primary N) is 1. The van der Waals surface area contributed by atoms with Crippen molar-refractivity contribution in [1.29, 1.82) is 0 Å². The van der Waals surface area contributed by atoms with Gasteiger partial charge in [-0.2, -0.15) is 16.1 Å². The summed E-state index contributed by atoms with van der Waals surface area (Å²) in [4.78, 5) is 0.229. The van der Waals surface area contributed by atoms with E-state index >= 15 is 0 Å². The molecule has 4 nitrogen and oxygen atoms in total. The van der Waals surface area contributed by atoms with E-state index in [4.69, 9.17) is 5.73 Å². The van der Waals surface area contributed by atoms with Crippen LogP contribution in [-0.2, 0) is 10.0 Å². The highest BCUT2D eigenvalue weighted by molar-refractivity contribution is 8.00. The molecule has 1 aliphatic rings. The molecule has 2 N–H and O–H groups in total. The van der Waals surface area contributed by atoms with Crippen LogP contribution in [0, 0.1) is 6.92 Å². The third kappa shape index (κ3) is 2.65. The number of rotatable bonds is 2. The molecule has 0 aliphatic carbocycles. The van der Waals surface area contributed by atoms with E-state index < -0.39 is 10.0 Å². The van der Waals surface area contributed by atoms with E-state index in [1.165, 1.54) is 4.31 Å². The Bertz CT molecular complexity index is 543. The zero-order valence-corrected chi connectivity index (χ0v) is 12.2. The highest BCUT2D eigenvalue weighted by atomic mass is 32.2. The van der Waals surface area contributed by atoms with Gasteiger partial charge in [0.25, 0.3) is 0 Å². The van der Waals surface area contributed by atoms with E-state index in [1.54, 1.807) is 30.0 Å². The number of hydrogen-bond acceptors (Lipinski definition) is 4. The van der Waals surface area contributed by atoms with Crippen LogP contribution in [0.4, 0.5) is 5.69 Å². The predicted molar refractivity (Wildman–Crippen MR) is 76.3 cm³/mol. The number of benzene rings is 1. The molecule has 0 amide bonds. The van der Waals surface area contributed by atoms with E-state index in [-0.39, 0.29) is 4.90 Å². The van der Waals surface area contributed by atoms with Crippen LogP contribution >= 0.6 is 11.8 Å². The summed E-state index contributed by atoms with van der Waals surface area (Å²) in [6.07, 6.45) is 0. The zero-order valence-electron chi connectivity index (χ0n) is 10.6. The number of anilines is 1. The van der Waals surface area contributed by atoms with Gasteiger partial charge in [-0.3, -0.25) is 0 Å². The second-order valence-corrected chi connectivity index (χ2v) is 8.04. The monoisotopic (exact) mass is 286 g/mol. The van der Waals surface area contributed by atoms with Crippen LogP contribution in [-0.4, -0.2) is 36.8 Å². The summed E-state index contributed by atoms with van der Waals surface area (Å²) in [6.45, 7) is 5.06. The lowest BCUT2D eigenvalue weighted by Crippen LogP contribution is -2.41. The lowest BCUT2D eigenvalue weighted by atomic mass is 10.2. The predicted octanol–water partition coefficient (Wildman–Crippen LogP) is 1.70. The van der Waals surface area contributed by atoms with Crippen molar-refractivity contribution in [2.45, 2.75) is 24.0 Å². The minimum absolute atomic E-state index is 0.229. The standard InChI is InChI=1S/C12H18N2O2S2/c1-9-3-4-12(11(13)7-9)18(15,16)14-5-6-17-10(2)8-14/h3-4,7,10H,5-6,8,13H2,1-2H3. The van der Waals surface area contributed by atoms with Gasteiger partial charge in [0, 0.05) is 24.1 Å². The van der Waals surface area contributed by atoms with E-state index in [2.05, 4.69) is 0 Å². The van der Waals surface area contributed by atoms with Gasteiger partial charge < -0.3 is 5.73 Å². The largest absolute Gasteiger partial charge is 0.398 e. The average molecular weight is 286 g/mol. The fourth-order valence-electron chi connectivity index (χ4n) is 2.05. The van der Waals surface area contributed by atoms with Gasteiger partial charge in [-0.25, -0.2) is 8.42 Å². The maximum atomic E-state index is 12.5. The SMILES string of the molecule is Cc1ccc(S(=O)(=O)N2CCSC(C)C2)c(N)c1. The Kier molecular flexibility index (Phi) is 3.89. The zero-order chi connectivity index (χ0) is 13.3. The lowest BCUT2D eigenvalue weighted by Gasteiger charge is -2.30. The van der Waals surface area contributed by atoms with Crippen LogP contribution in [0.25, 0.3) is 0 Å². The molecule has 1 aliphatic heterocycles. The maximum absolute atomic E-state index is 12.5. The molecule has 0 saturated carbocycles. The number of thioether (sulfide) groups is 1. The second-order valence-electron chi connectivity index (χ2n) is 4.59. The smallest absolute Gasteiger partial charge is 0.245 e. The maximum Gasteiger partial charge on any atom is 0.245 e. The van der Waals surface area contributed by atoms with Gasteiger partial charge in [-0.05, 0) is 24.6 Å². The first-order valence-corrected chi connectivity index (χ1v) is 8.38. The Morgan fingerprint density at radius 1 is 1.44 bits per heavy atom. The molecule has 1 saturated heterocycles. The number of nitrogens with zero attached hydrogens (tertiary/aromatic N) is 1. The molecule has 6 heteroatoms. The molecule has 0 aromatic heterocycles. The molecule has 0 radical (unpaired) electrons. The van der Waals surface area contributed by atoms with Crippen molar-refractivity contribution in [2.24, 2.45) is 0 Å². The number of sulfonamides is 1. The highest BCUT2D eigenvalue weighted by Crippen LogP contribution is 2.27. The van der Waals surface area contributed by atoms with Crippen molar-refractivity contribution in [1.82, 2.24) is 4.31 Å². The van der Waals surface area contributed by atoms with Crippen molar-refractivity contribution in [3.63, 3.8) is 0 Å². The summed E-state index contributed by atoms with van der Waals surface area (Å²) in [5.41, 5.74) is 7.14. The van der Waals surface area contributed by atoms with Crippen LogP contribution in [0.1, 0.15) is 12.5 Å². The van der Waals surface area contributed by atoms with Crippen molar-refractivity contribution in [3.8, 4) is 0 Å². The van der Waals surface area contributed by atoms with Gasteiger partial charge in [0.05, 0.1) is 5.69 Å². The Labute approximate surface area is 113 Å². The number of nitrogen functional groups attached to an aromatic ring is 1. The van der Waals surface area contributed by atoms with Gasteiger partial charge in [-0.15, -0.1) is 0 Å². The van der Waals surface area contributed by atoms with Gasteiger partial charge >= 0.3 is 0 Å². The lowest BCUT2D eigenvalue weighted by molar-refractivity contribution is 0.424. The van der Waals surface area contributed by atoms with Crippen LogP contribution < -0.4 is 5.73 Å². The molecule has 18 heavy (non-hydrogen) atoms. The minimum Gasteiger partial charge on any atom is -0.398 e. The molecule has 1 fully saturated rings. The Balaban J connectivity index is 2.35. The number of hydrogen-bond donors (Lipinski definition) is 1. The van der Waals surface area contributed by atoms with E-state index in [9.17, 15) is 8.42 Å². The average Bonchev–Trinajstić information content (AvgIpc) is 2.28. The summed E-state index contributed by atoms with van der Waals surface area (Å²) in [7, 11) is -3.45. The second kappa shape index (κ2) is 5.11. The highest BCUT2D eigenvalue weighted by Gasteiger charge is 2.30. The topological polar surface area (TPSA) is 63.4 Å². The molecular weight excluding hydrogens is 268 g/mol. The molecule has 1 atom stereocenters. The van der Waals surface area contributed by atoms with Crippen LogP contribution in [0.3, 0.4) is 0 Å². The fraction of sp³-hybridized carbons (Fsp3) is 0.500. The fourth-order valence-corrected chi connectivity index (χ4v) is 4.90.